The van der Waals surface area contributed by atoms with Gasteiger partial charge < -0.3 is 10.2 Å². The Morgan fingerprint density at radius 1 is 1.33 bits per heavy atom. The van der Waals surface area contributed by atoms with E-state index in [1.807, 2.05) is 30.4 Å². The van der Waals surface area contributed by atoms with Gasteiger partial charge in [-0.2, -0.15) is 0 Å². The summed E-state index contributed by atoms with van der Waals surface area (Å²) in [4.78, 5) is 22.4. The van der Waals surface area contributed by atoms with Crippen LogP contribution in [-0.2, 0) is 9.59 Å². The first-order valence-electron chi connectivity index (χ1n) is 8.75. The predicted molar refractivity (Wildman–Crippen MR) is 93.5 cm³/mol. The number of aliphatic hydroxyl groups is 1. The van der Waals surface area contributed by atoms with Crippen molar-refractivity contribution in [2.24, 2.45) is 11.8 Å². The van der Waals surface area contributed by atoms with Crippen LogP contribution in [0.15, 0.2) is 48.1 Å². The van der Waals surface area contributed by atoms with E-state index >= 15 is 0 Å². The molecule has 2 aliphatic carbocycles. The molecule has 0 spiro atoms. The normalized spacial score (nSPS) is 24.8. The summed E-state index contributed by atoms with van der Waals surface area (Å²) in [7, 11) is 0. The van der Waals surface area contributed by atoms with Crippen LogP contribution in [0.5, 0.6) is 0 Å². The lowest BCUT2D eigenvalue weighted by Gasteiger charge is -2.14. The van der Waals surface area contributed by atoms with E-state index in [1.54, 1.807) is 12.2 Å². The van der Waals surface area contributed by atoms with Gasteiger partial charge in [-0.15, -0.1) is 0 Å². The topological polar surface area (TPSA) is 74.6 Å². The van der Waals surface area contributed by atoms with Crippen LogP contribution < -0.4 is 0 Å². The third-order valence-electron chi connectivity index (χ3n) is 4.67. The molecule has 0 bridgehead atoms. The van der Waals surface area contributed by atoms with E-state index in [0.29, 0.717) is 24.3 Å². The number of carbonyl (C=O) groups excluding carboxylic acids is 1. The van der Waals surface area contributed by atoms with Crippen molar-refractivity contribution in [1.29, 1.82) is 0 Å². The van der Waals surface area contributed by atoms with Gasteiger partial charge in [0.25, 0.3) is 0 Å². The zero-order valence-electron chi connectivity index (χ0n) is 13.9. The molecule has 4 nitrogen and oxygen atoms in total. The van der Waals surface area contributed by atoms with Gasteiger partial charge >= 0.3 is 5.97 Å². The SMILES string of the molecule is O=C(O)CCCC=CC=C1C(=O)C=CC1C=CC(O)C1CCCC1. The van der Waals surface area contributed by atoms with Crippen LogP contribution in [0.1, 0.15) is 44.9 Å². The number of carboxylic acids is 1. The molecule has 0 aromatic heterocycles. The molecular weight excluding hydrogens is 304 g/mol. The summed E-state index contributed by atoms with van der Waals surface area (Å²) in [5.74, 6) is -0.528. The maximum atomic E-state index is 11.9. The highest BCUT2D eigenvalue weighted by molar-refractivity contribution is 6.07. The largest absolute Gasteiger partial charge is 0.481 e. The molecule has 1 fully saturated rings. The lowest BCUT2D eigenvalue weighted by Crippen LogP contribution is -2.14. The molecular formula is C20H26O4. The summed E-state index contributed by atoms with van der Waals surface area (Å²) in [5, 5.41) is 18.8. The molecule has 0 aromatic rings. The van der Waals surface area contributed by atoms with Crippen LogP contribution in [0.2, 0.25) is 0 Å². The lowest BCUT2D eigenvalue weighted by atomic mass is 9.96. The van der Waals surface area contributed by atoms with Crippen LogP contribution in [-0.4, -0.2) is 28.1 Å². The number of ketones is 1. The molecule has 1 saturated carbocycles. The third-order valence-corrected chi connectivity index (χ3v) is 4.67. The minimum atomic E-state index is -0.789. The molecule has 4 heteroatoms. The van der Waals surface area contributed by atoms with E-state index in [9.17, 15) is 14.7 Å². The number of allylic oxidation sites excluding steroid dienone is 7. The van der Waals surface area contributed by atoms with E-state index in [-0.39, 0.29) is 18.1 Å². The van der Waals surface area contributed by atoms with Crippen molar-refractivity contribution in [1.82, 2.24) is 0 Å². The summed E-state index contributed by atoms with van der Waals surface area (Å²) in [6, 6.07) is 0. The Hall–Kier alpha value is -1.94. The smallest absolute Gasteiger partial charge is 0.303 e. The van der Waals surface area contributed by atoms with Gasteiger partial charge in [-0.1, -0.05) is 49.3 Å². The molecule has 0 amide bonds. The van der Waals surface area contributed by atoms with Crippen molar-refractivity contribution in [3.63, 3.8) is 0 Å². The molecule has 0 heterocycles. The Bertz CT molecular complexity index is 562. The van der Waals surface area contributed by atoms with E-state index in [2.05, 4.69) is 0 Å². The summed E-state index contributed by atoms with van der Waals surface area (Å²) in [6.07, 6.45) is 18.2. The Kier molecular flexibility index (Phi) is 7.19. The number of unbranched alkanes of at least 4 members (excludes halogenated alkanes) is 1. The van der Waals surface area contributed by atoms with Crippen molar-refractivity contribution in [2.45, 2.75) is 51.0 Å². The molecule has 2 rings (SSSR count). The van der Waals surface area contributed by atoms with Crippen molar-refractivity contribution in [2.75, 3.05) is 0 Å². The Morgan fingerprint density at radius 3 is 2.79 bits per heavy atom. The zero-order valence-corrected chi connectivity index (χ0v) is 13.9. The van der Waals surface area contributed by atoms with Crippen LogP contribution in [0, 0.1) is 11.8 Å². The Balaban J connectivity index is 1.87. The molecule has 2 aliphatic rings. The molecule has 2 unspecified atom stereocenters. The van der Waals surface area contributed by atoms with Crippen LogP contribution in [0.4, 0.5) is 0 Å². The van der Waals surface area contributed by atoms with Crippen LogP contribution in [0.3, 0.4) is 0 Å². The van der Waals surface area contributed by atoms with Gasteiger partial charge in [0.2, 0.25) is 0 Å². The lowest BCUT2D eigenvalue weighted by molar-refractivity contribution is -0.137. The molecule has 0 saturated heterocycles. The molecule has 130 valence electrons. The van der Waals surface area contributed by atoms with Crippen molar-refractivity contribution in [3.8, 4) is 0 Å². The second kappa shape index (κ2) is 9.38. The fourth-order valence-electron chi connectivity index (χ4n) is 3.24. The summed E-state index contributed by atoms with van der Waals surface area (Å²) in [6.45, 7) is 0. The zero-order chi connectivity index (χ0) is 17.4. The third kappa shape index (κ3) is 5.60. The number of hydrogen-bond acceptors (Lipinski definition) is 3. The molecule has 0 radical (unpaired) electrons. The first kappa shape index (κ1) is 18.4. The van der Waals surface area contributed by atoms with Gasteiger partial charge in [0.15, 0.2) is 5.78 Å². The van der Waals surface area contributed by atoms with Gasteiger partial charge in [0.1, 0.15) is 0 Å². The predicted octanol–water partition coefficient (Wildman–Crippen LogP) is 3.59. The summed E-state index contributed by atoms with van der Waals surface area (Å²) >= 11 is 0. The number of hydrogen-bond donors (Lipinski definition) is 2. The average Bonchev–Trinajstić information content (AvgIpc) is 3.19. The molecule has 2 N–H and O–H groups in total. The standard InChI is InChI=1S/C20H26O4/c21-18(16-7-5-6-8-16)13-11-15-12-14-19(22)17(15)9-3-1-2-4-10-20(23)24/h1,3,9,11-16,18,21H,2,4-8,10H2,(H,23,24). The van der Waals surface area contributed by atoms with Gasteiger partial charge in [0, 0.05) is 17.9 Å². The van der Waals surface area contributed by atoms with Crippen molar-refractivity contribution in [3.05, 3.63) is 48.1 Å². The highest BCUT2D eigenvalue weighted by Crippen LogP contribution is 2.29. The highest BCUT2D eigenvalue weighted by Gasteiger charge is 2.23. The van der Waals surface area contributed by atoms with Crippen molar-refractivity contribution >= 4 is 11.8 Å². The number of aliphatic hydroxyl groups excluding tert-OH is 1. The number of carbonyl (C=O) groups is 2. The molecule has 2 atom stereocenters. The minimum absolute atomic E-state index is 0.00445. The van der Waals surface area contributed by atoms with Crippen molar-refractivity contribution < 1.29 is 19.8 Å². The number of rotatable bonds is 8. The number of carboxylic acid groups (broad SMARTS) is 1. The second-order valence-electron chi connectivity index (χ2n) is 6.51. The maximum Gasteiger partial charge on any atom is 0.303 e. The molecule has 0 aromatic carbocycles. The van der Waals surface area contributed by atoms with Crippen LogP contribution >= 0.6 is 0 Å². The van der Waals surface area contributed by atoms with Gasteiger partial charge in [0.05, 0.1) is 6.10 Å². The van der Waals surface area contributed by atoms with E-state index in [1.165, 1.54) is 12.8 Å². The summed E-state index contributed by atoms with van der Waals surface area (Å²) < 4.78 is 0. The first-order chi connectivity index (χ1) is 11.6. The Morgan fingerprint density at radius 2 is 2.08 bits per heavy atom. The molecule has 24 heavy (non-hydrogen) atoms. The minimum Gasteiger partial charge on any atom is -0.481 e. The fraction of sp³-hybridized carbons (Fsp3) is 0.500. The first-order valence-corrected chi connectivity index (χ1v) is 8.75. The fourth-order valence-corrected chi connectivity index (χ4v) is 3.24. The highest BCUT2D eigenvalue weighted by atomic mass is 16.4. The van der Waals surface area contributed by atoms with E-state index in [4.69, 9.17) is 5.11 Å². The quantitative estimate of drug-likeness (QED) is 0.405. The van der Waals surface area contributed by atoms with Gasteiger partial charge in [-0.3, -0.25) is 9.59 Å². The average molecular weight is 330 g/mol. The number of aliphatic carboxylic acids is 1. The van der Waals surface area contributed by atoms with Crippen LogP contribution in [0.25, 0.3) is 0 Å². The van der Waals surface area contributed by atoms with E-state index in [0.717, 1.165) is 12.8 Å². The van der Waals surface area contributed by atoms with Gasteiger partial charge in [-0.05, 0) is 37.7 Å². The maximum absolute atomic E-state index is 11.9. The molecule has 0 aliphatic heterocycles. The van der Waals surface area contributed by atoms with Gasteiger partial charge in [-0.25, -0.2) is 0 Å². The van der Waals surface area contributed by atoms with E-state index < -0.39 is 12.1 Å². The summed E-state index contributed by atoms with van der Waals surface area (Å²) in [5.41, 5.74) is 0.694. The Labute approximate surface area is 143 Å². The second-order valence-corrected chi connectivity index (χ2v) is 6.51. The monoisotopic (exact) mass is 330 g/mol.